The SMILES string of the molecule is Brc1ccc(S[N]C(=N/C(=N/Sc2ccc(Br)cc2)c2ccccc2)c2ccccc2)cc1. The Morgan fingerprint density at radius 3 is 1.48 bits per heavy atom. The van der Waals surface area contributed by atoms with Gasteiger partial charge >= 0.3 is 0 Å². The second-order valence-corrected chi connectivity index (χ2v) is 10.3. The molecule has 0 N–H and O–H groups in total. The van der Waals surface area contributed by atoms with E-state index >= 15 is 0 Å². The lowest BCUT2D eigenvalue weighted by Gasteiger charge is -2.09. The van der Waals surface area contributed by atoms with Crippen molar-refractivity contribution in [3.8, 4) is 0 Å². The normalized spacial score (nSPS) is 11.9. The van der Waals surface area contributed by atoms with Crippen LogP contribution in [0.4, 0.5) is 0 Å². The molecule has 0 aliphatic rings. The Labute approximate surface area is 219 Å². The molecule has 1 radical (unpaired) electrons. The summed E-state index contributed by atoms with van der Waals surface area (Å²) in [5.41, 5.74) is 1.86. The van der Waals surface area contributed by atoms with Crippen molar-refractivity contribution in [3.63, 3.8) is 0 Å². The zero-order valence-electron chi connectivity index (χ0n) is 17.3. The molecular formula is C26H18Br2N3S2. The molecule has 4 rings (SSSR count). The quantitative estimate of drug-likeness (QED) is 0.127. The Morgan fingerprint density at radius 2 is 0.970 bits per heavy atom. The van der Waals surface area contributed by atoms with Gasteiger partial charge in [-0.15, -0.1) is 0 Å². The monoisotopic (exact) mass is 594 g/mol. The van der Waals surface area contributed by atoms with E-state index in [2.05, 4.69) is 31.9 Å². The second-order valence-electron chi connectivity index (χ2n) is 6.76. The van der Waals surface area contributed by atoms with Crippen LogP contribution in [-0.4, -0.2) is 11.7 Å². The first-order chi connectivity index (χ1) is 16.2. The molecule has 0 heterocycles. The number of halogens is 2. The first kappa shape index (κ1) is 23.8. The van der Waals surface area contributed by atoms with Gasteiger partial charge in [0.2, 0.25) is 0 Å². The molecule has 0 aliphatic heterocycles. The molecule has 163 valence electrons. The highest BCUT2D eigenvalue weighted by atomic mass is 79.9. The van der Waals surface area contributed by atoms with Crippen LogP contribution in [0.15, 0.2) is 137 Å². The van der Waals surface area contributed by atoms with Crippen molar-refractivity contribution in [1.82, 2.24) is 4.72 Å². The minimum Gasteiger partial charge on any atom is -0.207 e. The van der Waals surface area contributed by atoms with Crippen LogP contribution in [0.5, 0.6) is 0 Å². The molecule has 0 aliphatic carbocycles. The standard InChI is InChI=1S/C26H18Br2N3S2/c27-21-11-15-23(16-12-21)32-30-25(19-7-3-1-4-8-19)29-26(20-9-5-2-6-10-20)31-33-24-17-13-22(28)14-18-24/h1-18H/b29-25?,31-26+. The van der Waals surface area contributed by atoms with E-state index in [1.165, 1.54) is 23.9 Å². The molecule has 0 saturated carbocycles. The van der Waals surface area contributed by atoms with Gasteiger partial charge in [-0.25, -0.2) is 4.99 Å². The number of hydrogen-bond donors (Lipinski definition) is 0. The smallest absolute Gasteiger partial charge is 0.169 e. The van der Waals surface area contributed by atoms with Crippen molar-refractivity contribution < 1.29 is 0 Å². The van der Waals surface area contributed by atoms with E-state index in [1.54, 1.807) is 0 Å². The third kappa shape index (κ3) is 7.33. The van der Waals surface area contributed by atoms with E-state index in [0.717, 1.165) is 29.9 Å². The molecule has 3 nitrogen and oxygen atoms in total. The maximum Gasteiger partial charge on any atom is 0.169 e. The Bertz CT molecular complexity index is 1230. The molecule has 33 heavy (non-hydrogen) atoms. The van der Waals surface area contributed by atoms with E-state index in [0.29, 0.717) is 11.7 Å². The van der Waals surface area contributed by atoms with Gasteiger partial charge in [-0.1, -0.05) is 92.5 Å². The molecule has 0 atom stereocenters. The summed E-state index contributed by atoms with van der Waals surface area (Å²) in [5.74, 6) is 1.23. The molecule has 0 saturated heterocycles. The molecule has 0 amide bonds. The average molecular weight is 596 g/mol. The molecule has 0 unspecified atom stereocenters. The highest BCUT2D eigenvalue weighted by Gasteiger charge is 2.11. The van der Waals surface area contributed by atoms with Crippen LogP contribution >= 0.6 is 55.8 Å². The fourth-order valence-electron chi connectivity index (χ4n) is 2.73. The third-order valence-corrected chi connectivity index (χ3v) is 6.93. The lowest BCUT2D eigenvalue weighted by atomic mass is 10.2. The zero-order chi connectivity index (χ0) is 22.9. The summed E-state index contributed by atoms with van der Waals surface area (Å²) in [6, 6.07) is 36.1. The third-order valence-electron chi connectivity index (χ3n) is 4.38. The van der Waals surface area contributed by atoms with Gasteiger partial charge in [-0.05, 0) is 48.5 Å². The van der Waals surface area contributed by atoms with Crippen molar-refractivity contribution in [2.45, 2.75) is 9.79 Å². The van der Waals surface area contributed by atoms with Crippen LogP contribution in [-0.2, 0) is 0 Å². The van der Waals surface area contributed by atoms with Gasteiger partial charge < -0.3 is 0 Å². The lowest BCUT2D eigenvalue weighted by Crippen LogP contribution is -2.14. The van der Waals surface area contributed by atoms with Crippen LogP contribution in [0.2, 0.25) is 0 Å². The first-order valence-corrected chi connectivity index (χ1v) is 13.1. The van der Waals surface area contributed by atoms with Crippen molar-refractivity contribution in [2.75, 3.05) is 0 Å². The Hall–Kier alpha value is -2.32. The van der Waals surface area contributed by atoms with Crippen LogP contribution < -0.4 is 4.72 Å². The number of hydrogen-bond acceptors (Lipinski definition) is 3. The van der Waals surface area contributed by atoms with Gasteiger partial charge in [0, 0.05) is 53.8 Å². The van der Waals surface area contributed by atoms with Gasteiger partial charge in [0.1, 0.15) is 0 Å². The summed E-state index contributed by atoms with van der Waals surface area (Å²) in [5, 5.41) is 0. The second kappa shape index (κ2) is 12.2. The van der Waals surface area contributed by atoms with Gasteiger partial charge in [0.25, 0.3) is 0 Å². The predicted octanol–water partition coefficient (Wildman–Crippen LogP) is 8.42. The Kier molecular flexibility index (Phi) is 8.83. The van der Waals surface area contributed by atoms with E-state index in [4.69, 9.17) is 14.1 Å². The highest BCUT2D eigenvalue weighted by Crippen LogP contribution is 2.24. The Morgan fingerprint density at radius 1 is 0.515 bits per heavy atom. The Balaban J connectivity index is 1.68. The maximum atomic E-state index is 4.92. The summed E-state index contributed by atoms with van der Waals surface area (Å²) in [4.78, 5) is 6.99. The maximum absolute atomic E-state index is 4.92. The van der Waals surface area contributed by atoms with E-state index in [1.807, 2.05) is 109 Å². The van der Waals surface area contributed by atoms with Crippen molar-refractivity contribution >= 4 is 67.4 Å². The summed E-state index contributed by atoms with van der Waals surface area (Å²) in [6.45, 7) is 0. The lowest BCUT2D eigenvalue weighted by molar-refractivity contribution is 1.36. The number of rotatable bonds is 6. The fourth-order valence-corrected chi connectivity index (χ4v) is 4.45. The average Bonchev–Trinajstić information content (AvgIpc) is 2.87. The molecule has 0 bridgehead atoms. The van der Waals surface area contributed by atoms with E-state index < -0.39 is 0 Å². The fraction of sp³-hybridized carbons (Fsp3) is 0. The number of nitrogens with zero attached hydrogens (tertiary/aromatic N) is 3. The van der Waals surface area contributed by atoms with Crippen molar-refractivity contribution in [2.24, 2.45) is 9.39 Å². The molecule has 4 aromatic rings. The number of amidine groups is 2. The van der Waals surface area contributed by atoms with Gasteiger partial charge in [-0.3, -0.25) is 0 Å². The molecule has 7 heteroatoms. The van der Waals surface area contributed by atoms with Gasteiger partial charge in [0.05, 0.1) is 0 Å². The van der Waals surface area contributed by atoms with Crippen LogP contribution in [0.25, 0.3) is 0 Å². The number of benzene rings is 4. The predicted molar refractivity (Wildman–Crippen MR) is 148 cm³/mol. The van der Waals surface area contributed by atoms with Crippen molar-refractivity contribution in [3.05, 3.63) is 129 Å². The van der Waals surface area contributed by atoms with E-state index in [9.17, 15) is 0 Å². The molecular weight excluding hydrogens is 578 g/mol. The minimum absolute atomic E-state index is 0.613. The minimum atomic E-state index is 0.613. The van der Waals surface area contributed by atoms with Crippen LogP contribution in [0.1, 0.15) is 11.1 Å². The number of aliphatic imine (C=N–C) groups is 1. The molecule has 0 spiro atoms. The van der Waals surface area contributed by atoms with Gasteiger partial charge in [-0.2, -0.15) is 9.12 Å². The summed E-state index contributed by atoms with van der Waals surface area (Å²) >= 11 is 9.74. The topological polar surface area (TPSA) is 38.8 Å². The summed E-state index contributed by atoms with van der Waals surface area (Å²) in [6.07, 6.45) is 0. The highest BCUT2D eigenvalue weighted by molar-refractivity contribution is 9.10. The van der Waals surface area contributed by atoms with Gasteiger partial charge in [0.15, 0.2) is 11.7 Å². The van der Waals surface area contributed by atoms with Crippen LogP contribution in [0, 0.1) is 0 Å². The largest absolute Gasteiger partial charge is 0.207 e. The molecule has 4 aromatic carbocycles. The van der Waals surface area contributed by atoms with Crippen LogP contribution in [0.3, 0.4) is 0 Å². The van der Waals surface area contributed by atoms with Crippen molar-refractivity contribution in [1.29, 1.82) is 0 Å². The first-order valence-electron chi connectivity index (χ1n) is 10.0. The molecule has 0 aromatic heterocycles. The van der Waals surface area contributed by atoms with E-state index in [-0.39, 0.29) is 0 Å². The molecule has 0 fully saturated rings. The summed E-state index contributed by atoms with van der Waals surface area (Å²) in [7, 11) is 0. The summed E-state index contributed by atoms with van der Waals surface area (Å²) < 4.78 is 11.6. The zero-order valence-corrected chi connectivity index (χ0v) is 22.1.